The van der Waals surface area contributed by atoms with E-state index in [4.69, 9.17) is 4.74 Å². The smallest absolute Gasteiger partial charge is 0.221 e. The third-order valence-electron chi connectivity index (χ3n) is 5.98. The van der Waals surface area contributed by atoms with Crippen molar-refractivity contribution in [2.24, 2.45) is 0 Å². The van der Waals surface area contributed by atoms with Gasteiger partial charge in [0.2, 0.25) is 5.91 Å². The minimum atomic E-state index is -0.0269. The van der Waals surface area contributed by atoms with Crippen LogP contribution in [-0.2, 0) is 24.5 Å². The number of hydrogen-bond acceptors (Lipinski definition) is 4. The molecule has 1 N–H and O–H groups in total. The van der Waals surface area contributed by atoms with Gasteiger partial charge in [-0.15, -0.1) is 0 Å². The molecule has 0 unspecified atom stereocenters. The maximum absolute atomic E-state index is 11.5. The van der Waals surface area contributed by atoms with Crippen LogP contribution in [0.5, 0.6) is 5.75 Å². The average Bonchev–Trinajstić information content (AvgIpc) is 3.05. The molecule has 0 saturated carbocycles. The first-order valence-electron chi connectivity index (χ1n) is 11.7. The van der Waals surface area contributed by atoms with E-state index in [0.717, 1.165) is 57.1 Å². The van der Waals surface area contributed by atoms with E-state index in [2.05, 4.69) is 57.6 Å². The van der Waals surface area contributed by atoms with Crippen molar-refractivity contribution in [1.82, 2.24) is 9.80 Å². The Bertz CT molecular complexity index is 1020. The van der Waals surface area contributed by atoms with E-state index in [9.17, 15) is 4.79 Å². The lowest BCUT2D eigenvalue weighted by Gasteiger charge is -2.23. The number of nitrogens with one attached hydrogen (secondary N) is 1. The second kappa shape index (κ2) is 11.6. The van der Waals surface area contributed by atoms with Gasteiger partial charge in [-0.3, -0.25) is 14.6 Å². The molecule has 1 saturated heterocycles. The number of ether oxygens (including phenoxy) is 1. The normalized spacial score (nSPS) is 15.1. The molecule has 1 fully saturated rings. The number of benzene rings is 3. The molecule has 1 amide bonds. The van der Waals surface area contributed by atoms with Crippen molar-refractivity contribution in [2.45, 2.75) is 33.0 Å². The van der Waals surface area contributed by atoms with Crippen molar-refractivity contribution >= 4 is 11.6 Å². The fraction of sp³-hybridized carbons (Fsp3) is 0.321. The topological polar surface area (TPSA) is 44.8 Å². The zero-order chi connectivity index (χ0) is 22.9. The van der Waals surface area contributed by atoms with Gasteiger partial charge in [-0.1, -0.05) is 60.7 Å². The summed E-state index contributed by atoms with van der Waals surface area (Å²) in [6, 6.07) is 26.8. The molecule has 33 heavy (non-hydrogen) atoms. The SMILES string of the molecule is CC(=O)Nc1ccccc1CN1CCCN(Cc2ccc(OCc3ccccc3)cc2)CC1. The van der Waals surface area contributed by atoms with E-state index in [1.165, 1.54) is 16.7 Å². The molecular weight excluding hydrogens is 410 g/mol. The number of amides is 1. The lowest BCUT2D eigenvalue weighted by atomic mass is 10.1. The molecule has 172 valence electrons. The van der Waals surface area contributed by atoms with Crippen molar-refractivity contribution in [3.05, 3.63) is 95.6 Å². The molecule has 0 aromatic heterocycles. The first kappa shape index (κ1) is 23.0. The van der Waals surface area contributed by atoms with Gasteiger partial charge in [-0.25, -0.2) is 0 Å². The summed E-state index contributed by atoms with van der Waals surface area (Å²) in [6.45, 7) is 8.18. The van der Waals surface area contributed by atoms with Gasteiger partial charge in [0.15, 0.2) is 0 Å². The molecule has 0 bridgehead atoms. The summed E-state index contributed by atoms with van der Waals surface area (Å²) in [5, 5.41) is 2.96. The molecule has 0 atom stereocenters. The monoisotopic (exact) mass is 443 g/mol. The maximum atomic E-state index is 11.5. The summed E-state index contributed by atoms with van der Waals surface area (Å²) in [5.41, 5.74) is 4.58. The number of hydrogen-bond donors (Lipinski definition) is 1. The van der Waals surface area contributed by atoms with Crippen LogP contribution >= 0.6 is 0 Å². The van der Waals surface area contributed by atoms with Crippen molar-refractivity contribution in [3.8, 4) is 5.75 Å². The number of rotatable bonds is 8. The molecule has 0 radical (unpaired) electrons. The summed E-state index contributed by atoms with van der Waals surface area (Å²) >= 11 is 0. The number of carbonyl (C=O) groups excluding carboxylic acids is 1. The second-order valence-corrected chi connectivity index (χ2v) is 8.66. The van der Waals surface area contributed by atoms with E-state index in [1.807, 2.05) is 36.4 Å². The summed E-state index contributed by atoms with van der Waals surface area (Å²) in [4.78, 5) is 16.5. The molecule has 5 nitrogen and oxygen atoms in total. The molecular formula is C28H33N3O2. The van der Waals surface area contributed by atoms with Crippen LogP contribution in [0.1, 0.15) is 30.0 Å². The standard InChI is InChI=1S/C28H33N3O2/c1-23(32)29-28-11-6-5-10-26(28)21-31-17-7-16-30(18-19-31)20-24-12-14-27(15-13-24)33-22-25-8-3-2-4-9-25/h2-6,8-15H,7,16-22H2,1H3,(H,29,32). The largest absolute Gasteiger partial charge is 0.489 e. The molecule has 0 aliphatic carbocycles. The minimum Gasteiger partial charge on any atom is -0.489 e. The Kier molecular flexibility index (Phi) is 8.12. The van der Waals surface area contributed by atoms with Crippen LogP contribution in [0.25, 0.3) is 0 Å². The molecule has 3 aromatic rings. The summed E-state index contributed by atoms with van der Waals surface area (Å²) in [6.07, 6.45) is 1.14. The van der Waals surface area contributed by atoms with E-state index >= 15 is 0 Å². The van der Waals surface area contributed by atoms with Crippen LogP contribution in [0.4, 0.5) is 5.69 Å². The van der Waals surface area contributed by atoms with Gasteiger partial charge in [0.1, 0.15) is 12.4 Å². The number of carbonyl (C=O) groups is 1. The number of nitrogens with zero attached hydrogens (tertiary/aromatic N) is 2. The van der Waals surface area contributed by atoms with Crippen LogP contribution in [0.3, 0.4) is 0 Å². The van der Waals surface area contributed by atoms with Gasteiger partial charge in [-0.05, 0) is 54.4 Å². The average molecular weight is 444 g/mol. The van der Waals surface area contributed by atoms with Gasteiger partial charge in [0, 0.05) is 38.8 Å². The fourth-order valence-electron chi connectivity index (χ4n) is 4.24. The third-order valence-corrected chi connectivity index (χ3v) is 5.98. The van der Waals surface area contributed by atoms with Crippen LogP contribution in [0.2, 0.25) is 0 Å². The fourth-order valence-corrected chi connectivity index (χ4v) is 4.24. The molecule has 1 aliphatic rings. The van der Waals surface area contributed by atoms with Gasteiger partial charge >= 0.3 is 0 Å². The molecule has 3 aromatic carbocycles. The van der Waals surface area contributed by atoms with Gasteiger partial charge in [0.05, 0.1) is 0 Å². The zero-order valence-corrected chi connectivity index (χ0v) is 19.4. The number of para-hydroxylation sites is 1. The molecule has 4 rings (SSSR count). The highest BCUT2D eigenvalue weighted by Gasteiger charge is 2.16. The predicted molar refractivity (Wildman–Crippen MR) is 133 cm³/mol. The van der Waals surface area contributed by atoms with Crippen LogP contribution < -0.4 is 10.1 Å². The molecule has 1 aliphatic heterocycles. The molecule has 1 heterocycles. The summed E-state index contributed by atoms with van der Waals surface area (Å²) in [5.74, 6) is 0.878. The highest BCUT2D eigenvalue weighted by Crippen LogP contribution is 2.20. The Morgan fingerprint density at radius 1 is 0.788 bits per heavy atom. The zero-order valence-electron chi connectivity index (χ0n) is 19.4. The maximum Gasteiger partial charge on any atom is 0.221 e. The summed E-state index contributed by atoms with van der Waals surface area (Å²) < 4.78 is 5.91. The van der Waals surface area contributed by atoms with E-state index in [0.29, 0.717) is 6.61 Å². The lowest BCUT2D eigenvalue weighted by molar-refractivity contribution is -0.114. The Morgan fingerprint density at radius 2 is 1.45 bits per heavy atom. The minimum absolute atomic E-state index is 0.0269. The van der Waals surface area contributed by atoms with E-state index in [1.54, 1.807) is 6.92 Å². The third kappa shape index (κ3) is 7.17. The second-order valence-electron chi connectivity index (χ2n) is 8.66. The molecule has 0 spiro atoms. The van der Waals surface area contributed by atoms with Crippen molar-refractivity contribution in [2.75, 3.05) is 31.5 Å². The van der Waals surface area contributed by atoms with Crippen molar-refractivity contribution in [3.63, 3.8) is 0 Å². The van der Waals surface area contributed by atoms with Crippen LogP contribution in [0, 0.1) is 0 Å². The highest BCUT2D eigenvalue weighted by atomic mass is 16.5. The quantitative estimate of drug-likeness (QED) is 0.536. The molecule has 5 heteroatoms. The first-order valence-corrected chi connectivity index (χ1v) is 11.7. The Hall–Kier alpha value is -3.15. The van der Waals surface area contributed by atoms with Gasteiger partial charge in [-0.2, -0.15) is 0 Å². The van der Waals surface area contributed by atoms with Crippen molar-refractivity contribution in [1.29, 1.82) is 0 Å². The number of anilines is 1. The predicted octanol–water partition coefficient (Wildman–Crippen LogP) is 4.93. The summed E-state index contributed by atoms with van der Waals surface area (Å²) in [7, 11) is 0. The van der Waals surface area contributed by atoms with Gasteiger partial charge < -0.3 is 10.1 Å². The highest BCUT2D eigenvalue weighted by molar-refractivity contribution is 5.89. The Balaban J connectivity index is 1.27. The van der Waals surface area contributed by atoms with Gasteiger partial charge in [0.25, 0.3) is 0 Å². The first-order chi connectivity index (χ1) is 16.2. The lowest BCUT2D eigenvalue weighted by Crippen LogP contribution is -2.30. The van der Waals surface area contributed by atoms with E-state index < -0.39 is 0 Å². The van der Waals surface area contributed by atoms with Crippen LogP contribution in [-0.4, -0.2) is 41.9 Å². The Labute approximate surface area is 197 Å². The Morgan fingerprint density at radius 3 is 2.18 bits per heavy atom. The van der Waals surface area contributed by atoms with Crippen molar-refractivity contribution < 1.29 is 9.53 Å². The van der Waals surface area contributed by atoms with Crippen LogP contribution in [0.15, 0.2) is 78.9 Å². The van der Waals surface area contributed by atoms with E-state index in [-0.39, 0.29) is 5.91 Å².